The van der Waals surface area contributed by atoms with Gasteiger partial charge in [0.25, 0.3) is 0 Å². The van der Waals surface area contributed by atoms with E-state index in [0.29, 0.717) is 19.5 Å². The number of rotatable bonds is 5. The van der Waals surface area contributed by atoms with Crippen molar-refractivity contribution in [3.05, 3.63) is 65.7 Å². The number of likely N-dealkylation sites (tertiary alicyclic amines) is 2. The molecule has 6 nitrogen and oxygen atoms in total. The lowest BCUT2D eigenvalue weighted by Crippen LogP contribution is -2.38. The Labute approximate surface area is 186 Å². The molecule has 166 valence electrons. The molecular weight excluding hydrogens is 407 g/mol. The third kappa shape index (κ3) is 4.11. The summed E-state index contributed by atoms with van der Waals surface area (Å²) in [6, 6.07) is 14.1. The quantitative estimate of drug-likeness (QED) is 0.615. The highest BCUT2D eigenvalue weighted by atomic mass is 19.1. The molecule has 1 atom stereocenters. The molecule has 2 aliphatic heterocycles. The van der Waals surface area contributed by atoms with Gasteiger partial charge in [0, 0.05) is 38.5 Å². The molecule has 2 aromatic carbocycles. The van der Waals surface area contributed by atoms with Crippen molar-refractivity contribution < 1.29 is 14.0 Å². The summed E-state index contributed by atoms with van der Waals surface area (Å²) in [5.41, 5.74) is 2.67. The van der Waals surface area contributed by atoms with Gasteiger partial charge < -0.3 is 14.4 Å². The van der Waals surface area contributed by atoms with Crippen LogP contribution in [0.5, 0.6) is 0 Å². The molecule has 2 amide bonds. The van der Waals surface area contributed by atoms with E-state index in [-0.39, 0.29) is 30.1 Å². The predicted molar refractivity (Wildman–Crippen MR) is 119 cm³/mol. The van der Waals surface area contributed by atoms with Crippen LogP contribution in [0.3, 0.4) is 0 Å². The van der Waals surface area contributed by atoms with Gasteiger partial charge in [-0.1, -0.05) is 24.3 Å². The predicted octanol–water partition coefficient (Wildman–Crippen LogP) is 3.70. The summed E-state index contributed by atoms with van der Waals surface area (Å²) >= 11 is 0. The van der Waals surface area contributed by atoms with E-state index >= 15 is 0 Å². The Morgan fingerprint density at radius 3 is 2.56 bits per heavy atom. The van der Waals surface area contributed by atoms with Gasteiger partial charge in [-0.3, -0.25) is 9.59 Å². The summed E-state index contributed by atoms with van der Waals surface area (Å²) in [4.78, 5) is 34.4. The van der Waals surface area contributed by atoms with Crippen LogP contribution in [-0.2, 0) is 22.7 Å². The van der Waals surface area contributed by atoms with E-state index in [1.165, 1.54) is 18.6 Å². The van der Waals surface area contributed by atoms with Crippen molar-refractivity contribution in [1.29, 1.82) is 0 Å². The number of carbonyl (C=O) groups excluding carboxylic acids is 2. The molecule has 0 unspecified atom stereocenters. The van der Waals surface area contributed by atoms with E-state index in [4.69, 9.17) is 4.98 Å². The number of carbonyl (C=O) groups is 2. The smallest absolute Gasteiger partial charge is 0.242 e. The first-order chi connectivity index (χ1) is 15.6. The number of hydrogen-bond acceptors (Lipinski definition) is 3. The van der Waals surface area contributed by atoms with Crippen LogP contribution >= 0.6 is 0 Å². The van der Waals surface area contributed by atoms with E-state index < -0.39 is 0 Å². The molecule has 0 aliphatic carbocycles. The Morgan fingerprint density at radius 2 is 1.78 bits per heavy atom. The summed E-state index contributed by atoms with van der Waals surface area (Å²) in [7, 11) is 0. The standard InChI is InChI=1S/C25H27FN4O2/c26-20-10-8-18(9-11-20)15-29-16-19(14-23(29)31)25-27-21-6-2-3-7-22(21)30(25)17-24(32)28-12-4-1-5-13-28/h2-3,6-11,19H,1,4-5,12-17H2/t19-/m0/s1. The fraction of sp³-hybridized carbons (Fsp3) is 0.400. The SMILES string of the molecule is O=C(Cn1c([C@H]2CC(=O)N(Cc3ccc(F)cc3)C2)nc2ccccc21)N1CCCCC1. The van der Waals surface area contributed by atoms with Gasteiger partial charge in [0.2, 0.25) is 11.8 Å². The molecule has 0 N–H and O–H groups in total. The maximum absolute atomic E-state index is 13.2. The van der Waals surface area contributed by atoms with Gasteiger partial charge in [0.1, 0.15) is 18.2 Å². The number of amides is 2. The normalized spacial score (nSPS) is 19.2. The van der Waals surface area contributed by atoms with Gasteiger partial charge in [-0.25, -0.2) is 9.37 Å². The van der Waals surface area contributed by atoms with Crippen molar-refractivity contribution >= 4 is 22.8 Å². The maximum atomic E-state index is 13.2. The second-order valence-electron chi connectivity index (χ2n) is 8.79. The van der Waals surface area contributed by atoms with E-state index in [2.05, 4.69) is 0 Å². The molecule has 5 rings (SSSR count). The number of halogens is 1. The summed E-state index contributed by atoms with van der Waals surface area (Å²) in [5.74, 6) is 0.601. The zero-order valence-corrected chi connectivity index (χ0v) is 18.0. The average Bonchev–Trinajstić information content (AvgIpc) is 3.36. The van der Waals surface area contributed by atoms with Crippen LogP contribution in [0.2, 0.25) is 0 Å². The number of hydrogen-bond donors (Lipinski definition) is 0. The Bertz CT molecular complexity index is 1130. The number of nitrogens with zero attached hydrogens (tertiary/aromatic N) is 4. The fourth-order valence-electron chi connectivity index (χ4n) is 4.86. The van der Waals surface area contributed by atoms with Crippen LogP contribution in [0.25, 0.3) is 11.0 Å². The van der Waals surface area contributed by atoms with Crippen LogP contribution in [-0.4, -0.2) is 50.8 Å². The molecular formula is C25H27FN4O2. The van der Waals surface area contributed by atoms with Gasteiger partial charge >= 0.3 is 0 Å². The topological polar surface area (TPSA) is 58.4 Å². The van der Waals surface area contributed by atoms with Crippen molar-refractivity contribution in [3.63, 3.8) is 0 Å². The molecule has 1 aromatic heterocycles. The van der Waals surface area contributed by atoms with Crippen LogP contribution in [0.15, 0.2) is 48.5 Å². The summed E-state index contributed by atoms with van der Waals surface area (Å²) < 4.78 is 15.2. The summed E-state index contributed by atoms with van der Waals surface area (Å²) in [5, 5.41) is 0. The Hall–Kier alpha value is -3.22. The zero-order valence-electron chi connectivity index (χ0n) is 18.0. The lowest BCUT2D eigenvalue weighted by molar-refractivity contribution is -0.132. The Kier molecular flexibility index (Phi) is 5.64. The summed E-state index contributed by atoms with van der Waals surface area (Å²) in [6.07, 6.45) is 3.65. The highest BCUT2D eigenvalue weighted by molar-refractivity contribution is 5.83. The Balaban J connectivity index is 1.39. The van der Waals surface area contributed by atoms with E-state index in [0.717, 1.165) is 48.4 Å². The van der Waals surface area contributed by atoms with Crippen LogP contribution in [0, 0.1) is 5.82 Å². The zero-order chi connectivity index (χ0) is 22.1. The lowest BCUT2D eigenvalue weighted by atomic mass is 10.1. The van der Waals surface area contributed by atoms with E-state index in [1.807, 2.05) is 33.7 Å². The number of benzene rings is 2. The van der Waals surface area contributed by atoms with Crippen molar-refractivity contribution in [2.24, 2.45) is 0 Å². The number of fused-ring (bicyclic) bond motifs is 1. The van der Waals surface area contributed by atoms with Crippen LogP contribution in [0.4, 0.5) is 4.39 Å². The first-order valence-electron chi connectivity index (χ1n) is 11.3. The molecule has 0 spiro atoms. The minimum absolute atomic E-state index is 0.0558. The first kappa shape index (κ1) is 20.7. The van der Waals surface area contributed by atoms with Crippen LogP contribution in [0.1, 0.15) is 43.0 Å². The van der Waals surface area contributed by atoms with Gasteiger partial charge in [-0.15, -0.1) is 0 Å². The number of aromatic nitrogens is 2. The Morgan fingerprint density at radius 1 is 1.03 bits per heavy atom. The molecule has 2 fully saturated rings. The van der Waals surface area contributed by atoms with E-state index in [9.17, 15) is 14.0 Å². The van der Waals surface area contributed by atoms with Crippen molar-refractivity contribution in [2.75, 3.05) is 19.6 Å². The van der Waals surface area contributed by atoms with Crippen molar-refractivity contribution in [3.8, 4) is 0 Å². The minimum Gasteiger partial charge on any atom is -0.341 e. The van der Waals surface area contributed by atoms with Gasteiger partial charge in [-0.05, 0) is 49.1 Å². The molecule has 0 saturated carbocycles. The molecule has 2 saturated heterocycles. The van der Waals surface area contributed by atoms with Crippen molar-refractivity contribution in [1.82, 2.24) is 19.4 Å². The second-order valence-corrected chi connectivity index (χ2v) is 8.79. The number of piperidine rings is 1. The molecule has 0 bridgehead atoms. The third-order valence-electron chi connectivity index (χ3n) is 6.55. The minimum atomic E-state index is -0.286. The number of para-hydroxylation sites is 2. The third-order valence-corrected chi connectivity index (χ3v) is 6.55. The highest BCUT2D eigenvalue weighted by Gasteiger charge is 2.34. The van der Waals surface area contributed by atoms with Gasteiger partial charge in [0.05, 0.1) is 11.0 Å². The molecule has 0 radical (unpaired) electrons. The van der Waals surface area contributed by atoms with Crippen molar-refractivity contribution in [2.45, 2.75) is 44.7 Å². The fourth-order valence-corrected chi connectivity index (χ4v) is 4.86. The molecule has 3 aromatic rings. The average molecular weight is 435 g/mol. The largest absolute Gasteiger partial charge is 0.341 e. The van der Waals surface area contributed by atoms with Crippen LogP contribution < -0.4 is 0 Å². The molecule has 3 heterocycles. The maximum Gasteiger partial charge on any atom is 0.242 e. The lowest BCUT2D eigenvalue weighted by Gasteiger charge is -2.27. The van der Waals surface area contributed by atoms with E-state index in [1.54, 1.807) is 17.0 Å². The molecule has 32 heavy (non-hydrogen) atoms. The molecule has 7 heteroatoms. The summed E-state index contributed by atoms with van der Waals surface area (Å²) in [6.45, 7) is 2.86. The van der Waals surface area contributed by atoms with Gasteiger partial charge in [0.15, 0.2) is 0 Å². The van der Waals surface area contributed by atoms with Gasteiger partial charge in [-0.2, -0.15) is 0 Å². The molecule has 2 aliphatic rings. The highest BCUT2D eigenvalue weighted by Crippen LogP contribution is 2.31. The number of imidazole rings is 1. The second kappa shape index (κ2) is 8.73. The monoisotopic (exact) mass is 434 g/mol. The first-order valence-corrected chi connectivity index (χ1v) is 11.3.